The van der Waals surface area contributed by atoms with Crippen LogP contribution in [-0.2, 0) is 0 Å². The maximum Gasteiger partial charge on any atom is 0.138 e. The summed E-state index contributed by atoms with van der Waals surface area (Å²) in [6, 6.07) is 5.93. The van der Waals surface area contributed by atoms with Gasteiger partial charge in [0, 0.05) is 0 Å². The van der Waals surface area contributed by atoms with Crippen LogP contribution >= 0.6 is 11.6 Å². The predicted octanol–water partition coefficient (Wildman–Crippen LogP) is 4.68. The van der Waals surface area contributed by atoms with Gasteiger partial charge in [0.15, 0.2) is 0 Å². The van der Waals surface area contributed by atoms with Crippen molar-refractivity contribution in [3.8, 4) is 5.75 Å². The van der Waals surface area contributed by atoms with Gasteiger partial charge in [0.2, 0.25) is 0 Å². The van der Waals surface area contributed by atoms with Gasteiger partial charge in [0.25, 0.3) is 0 Å². The Morgan fingerprint density at radius 1 is 1.10 bits per heavy atom. The summed E-state index contributed by atoms with van der Waals surface area (Å²) in [5, 5.41) is 0.711. The Labute approximate surface area is 128 Å². The van der Waals surface area contributed by atoms with Crippen molar-refractivity contribution in [1.82, 2.24) is 4.90 Å². The topological polar surface area (TPSA) is 12.5 Å². The first-order chi connectivity index (χ1) is 9.75. The van der Waals surface area contributed by atoms with Gasteiger partial charge < -0.3 is 9.64 Å². The molecule has 0 atom stereocenters. The van der Waals surface area contributed by atoms with E-state index in [1.54, 1.807) is 0 Å². The van der Waals surface area contributed by atoms with Gasteiger partial charge in [0.05, 0.1) is 11.6 Å². The number of benzene rings is 1. The molecule has 1 fully saturated rings. The normalized spacial score (nSPS) is 16.9. The maximum atomic E-state index is 6.12. The van der Waals surface area contributed by atoms with Gasteiger partial charge in [-0.3, -0.25) is 0 Å². The molecular formula is C17H26ClNO. The molecule has 2 nitrogen and oxygen atoms in total. The van der Waals surface area contributed by atoms with Crippen LogP contribution in [0.15, 0.2) is 18.2 Å². The first-order valence-electron chi connectivity index (χ1n) is 7.87. The van der Waals surface area contributed by atoms with Gasteiger partial charge in [-0.05, 0) is 69.9 Å². The highest BCUT2D eigenvalue weighted by atomic mass is 35.5. The summed E-state index contributed by atoms with van der Waals surface area (Å²) in [6.07, 6.45) is 7.87. The lowest BCUT2D eigenvalue weighted by molar-refractivity contribution is 0.256. The van der Waals surface area contributed by atoms with Crippen LogP contribution in [0.2, 0.25) is 5.02 Å². The number of hydrogen-bond acceptors (Lipinski definition) is 2. The van der Waals surface area contributed by atoms with Crippen LogP contribution in [0.3, 0.4) is 0 Å². The number of rotatable bonds is 6. The Morgan fingerprint density at radius 3 is 2.60 bits per heavy atom. The maximum absolute atomic E-state index is 6.12. The molecule has 1 aromatic carbocycles. The Hall–Kier alpha value is -0.730. The molecule has 0 aromatic heterocycles. The van der Waals surface area contributed by atoms with Crippen molar-refractivity contribution in [2.24, 2.45) is 0 Å². The fraction of sp³-hybridized carbons (Fsp3) is 0.647. The predicted molar refractivity (Wildman–Crippen MR) is 85.8 cm³/mol. The van der Waals surface area contributed by atoms with E-state index in [9.17, 15) is 0 Å². The summed E-state index contributed by atoms with van der Waals surface area (Å²) >= 11 is 6.12. The molecule has 0 unspecified atom stereocenters. The van der Waals surface area contributed by atoms with E-state index in [1.807, 2.05) is 18.2 Å². The minimum Gasteiger partial charge on any atom is -0.492 e. The van der Waals surface area contributed by atoms with Crippen molar-refractivity contribution in [2.75, 3.05) is 26.2 Å². The third-order valence-electron chi connectivity index (χ3n) is 3.91. The smallest absolute Gasteiger partial charge is 0.138 e. The third kappa shape index (κ3) is 5.34. The zero-order valence-corrected chi connectivity index (χ0v) is 13.3. The Bertz CT molecular complexity index is 400. The number of ether oxygens (including phenoxy) is 1. The minimum absolute atomic E-state index is 0.711. The van der Waals surface area contributed by atoms with Crippen LogP contribution in [0.5, 0.6) is 5.75 Å². The minimum atomic E-state index is 0.711. The van der Waals surface area contributed by atoms with E-state index in [-0.39, 0.29) is 0 Å². The molecule has 0 spiro atoms. The van der Waals surface area contributed by atoms with E-state index in [0.29, 0.717) is 5.02 Å². The lowest BCUT2D eigenvalue weighted by atomic mass is 10.2. The van der Waals surface area contributed by atoms with Crippen LogP contribution in [0.25, 0.3) is 0 Å². The van der Waals surface area contributed by atoms with Gasteiger partial charge in [-0.25, -0.2) is 0 Å². The molecule has 0 radical (unpaired) electrons. The lowest BCUT2D eigenvalue weighted by Crippen LogP contribution is -2.25. The van der Waals surface area contributed by atoms with Crippen LogP contribution in [0, 0.1) is 6.92 Å². The highest BCUT2D eigenvalue weighted by Crippen LogP contribution is 2.25. The highest BCUT2D eigenvalue weighted by Gasteiger charge is 2.08. The second-order valence-electron chi connectivity index (χ2n) is 5.75. The van der Waals surface area contributed by atoms with Crippen molar-refractivity contribution in [1.29, 1.82) is 0 Å². The van der Waals surface area contributed by atoms with Gasteiger partial charge in [-0.1, -0.05) is 30.5 Å². The van der Waals surface area contributed by atoms with Crippen molar-refractivity contribution in [2.45, 2.75) is 45.4 Å². The molecule has 1 aliphatic heterocycles. The van der Waals surface area contributed by atoms with E-state index in [0.717, 1.165) is 18.8 Å². The quantitative estimate of drug-likeness (QED) is 0.706. The first kappa shape index (κ1) is 15.7. The summed E-state index contributed by atoms with van der Waals surface area (Å²) in [7, 11) is 0. The summed E-state index contributed by atoms with van der Waals surface area (Å²) < 4.78 is 5.78. The number of aryl methyl sites for hydroxylation is 1. The van der Waals surface area contributed by atoms with Crippen molar-refractivity contribution in [3.05, 3.63) is 28.8 Å². The molecule has 0 aliphatic carbocycles. The fourth-order valence-corrected chi connectivity index (χ4v) is 2.87. The molecule has 3 heteroatoms. The summed E-state index contributed by atoms with van der Waals surface area (Å²) in [6.45, 7) is 6.60. The molecule has 0 amide bonds. The average molecular weight is 296 g/mol. The number of halogens is 1. The SMILES string of the molecule is Cc1ccc(Cl)c(OCCCCN2CCCCCC2)c1. The molecule has 1 aliphatic rings. The second kappa shape index (κ2) is 8.53. The van der Waals surface area contributed by atoms with Crippen molar-refractivity contribution in [3.63, 3.8) is 0 Å². The highest BCUT2D eigenvalue weighted by molar-refractivity contribution is 6.32. The molecule has 2 rings (SSSR count). The Kier molecular flexibility index (Phi) is 6.68. The number of unbranched alkanes of at least 4 members (excludes halogenated alkanes) is 1. The lowest BCUT2D eigenvalue weighted by Gasteiger charge is -2.19. The van der Waals surface area contributed by atoms with Gasteiger partial charge in [-0.2, -0.15) is 0 Å². The first-order valence-corrected chi connectivity index (χ1v) is 8.25. The number of nitrogens with zero attached hydrogens (tertiary/aromatic N) is 1. The Balaban J connectivity index is 1.62. The molecule has 1 saturated heterocycles. The number of hydrogen-bond donors (Lipinski definition) is 0. The van der Waals surface area contributed by atoms with Gasteiger partial charge in [-0.15, -0.1) is 0 Å². The number of likely N-dealkylation sites (tertiary alicyclic amines) is 1. The molecule has 20 heavy (non-hydrogen) atoms. The van der Waals surface area contributed by atoms with Gasteiger partial charge in [0.1, 0.15) is 5.75 Å². The molecule has 1 aromatic rings. The molecule has 0 saturated carbocycles. The third-order valence-corrected chi connectivity index (χ3v) is 4.22. The summed E-state index contributed by atoms with van der Waals surface area (Å²) in [4.78, 5) is 2.60. The summed E-state index contributed by atoms with van der Waals surface area (Å²) in [5.41, 5.74) is 1.19. The fourth-order valence-electron chi connectivity index (χ4n) is 2.70. The summed E-state index contributed by atoms with van der Waals surface area (Å²) in [5.74, 6) is 0.821. The van der Waals surface area contributed by atoms with Crippen LogP contribution < -0.4 is 4.74 Å². The zero-order chi connectivity index (χ0) is 14.2. The second-order valence-corrected chi connectivity index (χ2v) is 6.15. The Morgan fingerprint density at radius 2 is 1.85 bits per heavy atom. The monoisotopic (exact) mass is 295 g/mol. The van der Waals surface area contributed by atoms with E-state index in [2.05, 4.69) is 11.8 Å². The molecule has 0 N–H and O–H groups in total. The van der Waals surface area contributed by atoms with Crippen LogP contribution in [0.1, 0.15) is 44.1 Å². The van der Waals surface area contributed by atoms with Crippen LogP contribution in [-0.4, -0.2) is 31.1 Å². The average Bonchev–Trinajstić information content (AvgIpc) is 2.71. The standard InChI is InChI=1S/C17H26ClNO/c1-15-8-9-16(18)17(14-15)20-13-7-6-12-19-10-4-2-3-5-11-19/h8-9,14H,2-7,10-13H2,1H3. The van der Waals surface area contributed by atoms with E-state index < -0.39 is 0 Å². The van der Waals surface area contributed by atoms with Crippen molar-refractivity contribution < 1.29 is 4.74 Å². The zero-order valence-electron chi connectivity index (χ0n) is 12.5. The van der Waals surface area contributed by atoms with Crippen molar-refractivity contribution >= 4 is 11.6 Å². The molecule has 112 valence electrons. The van der Waals surface area contributed by atoms with Gasteiger partial charge >= 0.3 is 0 Å². The molecule has 0 bridgehead atoms. The largest absolute Gasteiger partial charge is 0.492 e. The van der Waals surface area contributed by atoms with E-state index in [1.165, 1.54) is 57.3 Å². The molecule has 1 heterocycles. The molecular weight excluding hydrogens is 270 g/mol. The van der Waals surface area contributed by atoms with E-state index in [4.69, 9.17) is 16.3 Å². The van der Waals surface area contributed by atoms with E-state index >= 15 is 0 Å². The van der Waals surface area contributed by atoms with Crippen LogP contribution in [0.4, 0.5) is 0 Å².